The molecule has 12 heteroatoms. The number of H-pyrrole nitrogens is 1. The summed E-state index contributed by atoms with van der Waals surface area (Å²) in [6.45, 7) is 1.28. The highest BCUT2D eigenvalue weighted by atomic mass is 35.5. The van der Waals surface area contributed by atoms with Crippen molar-refractivity contribution < 1.29 is 23.6 Å². The number of anilines is 1. The Morgan fingerprint density at radius 1 is 1.12 bits per heavy atom. The topological polar surface area (TPSA) is 127 Å². The lowest BCUT2D eigenvalue weighted by atomic mass is 10.0. The fourth-order valence-electron chi connectivity index (χ4n) is 7.14. The van der Waals surface area contributed by atoms with Gasteiger partial charge in [-0.3, -0.25) is 29.4 Å². The molecule has 0 bridgehead atoms. The molecule has 50 heavy (non-hydrogen) atoms. The van der Waals surface area contributed by atoms with Gasteiger partial charge in [-0.2, -0.15) is 0 Å². The van der Waals surface area contributed by atoms with E-state index in [1.807, 2.05) is 6.07 Å². The number of amides is 4. The van der Waals surface area contributed by atoms with Crippen LogP contribution in [0.2, 0.25) is 5.02 Å². The van der Waals surface area contributed by atoms with Gasteiger partial charge in [-0.15, -0.1) is 0 Å². The Balaban J connectivity index is 0.915. The molecule has 2 saturated heterocycles. The largest absolute Gasteiger partial charge is 0.356 e. The fraction of sp³-hybridized carbons (Fsp3) is 0.342. The number of halogens is 2. The summed E-state index contributed by atoms with van der Waals surface area (Å²) >= 11 is 6.66. The molecular weight excluding hydrogens is 659 g/mol. The minimum absolute atomic E-state index is 0.0654. The maximum atomic E-state index is 15.1. The first-order valence-corrected chi connectivity index (χ1v) is 17.3. The molecule has 0 radical (unpaired) electrons. The van der Waals surface area contributed by atoms with Gasteiger partial charge in [0, 0.05) is 48.2 Å². The molecule has 2 atom stereocenters. The lowest BCUT2D eigenvalue weighted by Gasteiger charge is -2.29. The van der Waals surface area contributed by atoms with Crippen molar-refractivity contribution in [2.45, 2.75) is 70.0 Å². The number of hydrogen-bond acceptors (Lipinski definition) is 6. The first-order valence-electron chi connectivity index (χ1n) is 16.9. The number of piperidine rings is 1. The van der Waals surface area contributed by atoms with E-state index in [1.165, 1.54) is 17.0 Å². The minimum Gasteiger partial charge on any atom is -0.356 e. The number of nitrogens with one attached hydrogen (secondary N) is 3. The number of likely N-dealkylation sites (tertiary alicyclic amines) is 1. The Kier molecular flexibility index (Phi) is 9.40. The van der Waals surface area contributed by atoms with E-state index >= 15 is 4.39 Å². The molecule has 0 saturated carbocycles. The zero-order chi connectivity index (χ0) is 34.9. The molecule has 10 nitrogen and oxygen atoms in total. The number of carbonyl (C=O) groups excluding carboxylic acids is 4. The maximum absolute atomic E-state index is 15.1. The number of aryl methyl sites for hydroxylation is 1. The molecule has 2 aromatic carbocycles. The third kappa shape index (κ3) is 6.61. The van der Waals surface area contributed by atoms with Crippen LogP contribution in [0.3, 0.4) is 0 Å². The summed E-state index contributed by atoms with van der Waals surface area (Å²) in [6, 6.07) is 11.3. The zero-order valence-electron chi connectivity index (χ0n) is 27.6. The van der Waals surface area contributed by atoms with E-state index in [9.17, 15) is 19.2 Å². The summed E-state index contributed by atoms with van der Waals surface area (Å²) in [5.41, 5.74) is 4.49. The molecule has 3 aliphatic heterocycles. The van der Waals surface area contributed by atoms with Crippen molar-refractivity contribution in [3.8, 4) is 11.8 Å². The predicted octanol–water partition coefficient (Wildman–Crippen LogP) is 5.90. The molecule has 2 aromatic heterocycles. The number of hydrogen-bond donors (Lipinski definition) is 3. The number of aromatic amines is 1. The molecule has 7 rings (SSSR count). The summed E-state index contributed by atoms with van der Waals surface area (Å²) in [5, 5.41) is 6.44. The SMILES string of the molecule is CN1CCC[C@@H]1c1[nH]c2cc(NC(=O)c3ccc(CCCCC#Cc4cccc5c4CN(C4CCC(=O)NC4=O)C5=O)cc3F)ncc2c1Cl. The van der Waals surface area contributed by atoms with Crippen LogP contribution in [0.5, 0.6) is 0 Å². The zero-order valence-corrected chi connectivity index (χ0v) is 28.3. The highest BCUT2D eigenvalue weighted by Gasteiger charge is 2.39. The Morgan fingerprint density at radius 3 is 2.76 bits per heavy atom. The van der Waals surface area contributed by atoms with Gasteiger partial charge < -0.3 is 15.2 Å². The molecule has 2 fully saturated rings. The van der Waals surface area contributed by atoms with Crippen LogP contribution in [0.15, 0.2) is 48.7 Å². The van der Waals surface area contributed by atoms with Gasteiger partial charge in [0.05, 0.1) is 27.8 Å². The number of imide groups is 1. The molecule has 0 aliphatic carbocycles. The van der Waals surface area contributed by atoms with Gasteiger partial charge in [0.15, 0.2) is 0 Å². The maximum Gasteiger partial charge on any atom is 0.259 e. The van der Waals surface area contributed by atoms with Crippen molar-refractivity contribution in [2.75, 3.05) is 18.9 Å². The van der Waals surface area contributed by atoms with Crippen LogP contribution in [-0.2, 0) is 22.6 Å². The lowest BCUT2D eigenvalue weighted by molar-refractivity contribution is -0.136. The van der Waals surface area contributed by atoms with E-state index < -0.39 is 23.7 Å². The second-order valence-electron chi connectivity index (χ2n) is 13.1. The average Bonchev–Trinajstić information content (AvgIpc) is 3.77. The van der Waals surface area contributed by atoms with Crippen molar-refractivity contribution in [3.05, 3.63) is 93.0 Å². The van der Waals surface area contributed by atoms with Crippen molar-refractivity contribution in [3.63, 3.8) is 0 Å². The molecule has 1 unspecified atom stereocenters. The van der Waals surface area contributed by atoms with Gasteiger partial charge in [-0.25, -0.2) is 9.37 Å². The number of aromatic nitrogens is 2. The molecule has 256 valence electrons. The van der Waals surface area contributed by atoms with E-state index in [0.29, 0.717) is 35.7 Å². The number of benzene rings is 2. The summed E-state index contributed by atoms with van der Waals surface area (Å²) in [5.74, 6) is 4.49. The van der Waals surface area contributed by atoms with Crippen molar-refractivity contribution in [1.29, 1.82) is 0 Å². The third-order valence-corrected chi connectivity index (χ3v) is 10.2. The third-order valence-electron chi connectivity index (χ3n) is 9.84. The Morgan fingerprint density at radius 2 is 1.98 bits per heavy atom. The van der Waals surface area contributed by atoms with Crippen molar-refractivity contribution in [1.82, 2.24) is 25.1 Å². The molecule has 3 aliphatic rings. The van der Waals surface area contributed by atoms with Crippen LogP contribution < -0.4 is 10.6 Å². The van der Waals surface area contributed by atoms with E-state index in [0.717, 1.165) is 65.5 Å². The smallest absolute Gasteiger partial charge is 0.259 e. The second kappa shape index (κ2) is 14.1. The number of fused-ring (bicyclic) bond motifs is 2. The Bertz CT molecular complexity index is 2100. The number of rotatable bonds is 8. The summed E-state index contributed by atoms with van der Waals surface area (Å²) in [7, 11) is 2.07. The fourth-order valence-corrected chi connectivity index (χ4v) is 7.46. The summed E-state index contributed by atoms with van der Waals surface area (Å²) < 4.78 is 15.1. The van der Waals surface area contributed by atoms with Crippen LogP contribution >= 0.6 is 11.6 Å². The highest BCUT2D eigenvalue weighted by Crippen LogP contribution is 2.38. The first-order chi connectivity index (χ1) is 24.2. The van der Waals surface area contributed by atoms with Crippen molar-refractivity contribution >= 4 is 52.0 Å². The Hall–Kier alpha value is -5.05. The molecule has 5 heterocycles. The van der Waals surface area contributed by atoms with E-state index in [1.54, 1.807) is 30.5 Å². The van der Waals surface area contributed by atoms with Gasteiger partial charge in [0.25, 0.3) is 11.8 Å². The molecule has 4 amide bonds. The van der Waals surface area contributed by atoms with E-state index in [-0.39, 0.29) is 36.4 Å². The monoisotopic (exact) mass is 694 g/mol. The second-order valence-corrected chi connectivity index (χ2v) is 13.5. The standard InChI is InChI=1S/C38H36ClFN6O4/c1-45-17-7-12-30(45)35-34(39)26-20-41-32(19-29(26)42-35)43-36(48)25-14-13-22(18-28(25)40)8-4-2-3-5-9-23-10-6-11-24-27(23)21-46(38(24)50)31-15-16-33(47)44-37(31)49/h6,10-11,13-14,18-20,30-31,42H,2-4,7-8,12,15-17,21H2,1H3,(H,41,43,48)(H,44,47,49)/t30-,31?/m1/s1. The first kappa shape index (κ1) is 33.4. The van der Waals surface area contributed by atoms with Gasteiger partial charge in [0.1, 0.15) is 17.7 Å². The van der Waals surface area contributed by atoms with Gasteiger partial charge >= 0.3 is 0 Å². The van der Waals surface area contributed by atoms with Crippen LogP contribution in [0, 0.1) is 17.7 Å². The van der Waals surface area contributed by atoms with Crippen LogP contribution in [0.25, 0.3) is 10.9 Å². The van der Waals surface area contributed by atoms with Crippen LogP contribution in [0.4, 0.5) is 10.2 Å². The summed E-state index contributed by atoms with van der Waals surface area (Å²) in [6.07, 6.45) is 7.04. The van der Waals surface area contributed by atoms with Crippen LogP contribution in [0.1, 0.15) is 94.1 Å². The average molecular weight is 695 g/mol. The van der Waals surface area contributed by atoms with Crippen molar-refractivity contribution in [2.24, 2.45) is 0 Å². The van der Waals surface area contributed by atoms with E-state index in [4.69, 9.17) is 11.6 Å². The Labute approximate surface area is 293 Å². The predicted molar refractivity (Wildman–Crippen MR) is 187 cm³/mol. The number of unbranched alkanes of at least 4 members (excludes halogenated alkanes) is 2. The lowest BCUT2D eigenvalue weighted by Crippen LogP contribution is -2.52. The van der Waals surface area contributed by atoms with Gasteiger partial charge in [0.2, 0.25) is 11.8 Å². The number of carbonyl (C=O) groups is 4. The van der Waals surface area contributed by atoms with Gasteiger partial charge in [-0.05, 0) is 87.5 Å². The number of pyridine rings is 1. The molecular formula is C38H36ClFN6O4. The normalized spacial score (nSPS) is 19.0. The van der Waals surface area contributed by atoms with Crippen LogP contribution in [-0.4, -0.2) is 63.0 Å². The minimum atomic E-state index is -0.670. The highest BCUT2D eigenvalue weighted by molar-refractivity contribution is 6.36. The number of nitrogens with zero attached hydrogens (tertiary/aromatic N) is 3. The van der Waals surface area contributed by atoms with E-state index in [2.05, 4.69) is 44.4 Å². The quantitative estimate of drug-likeness (QED) is 0.120. The summed E-state index contributed by atoms with van der Waals surface area (Å²) in [4.78, 5) is 61.5. The molecule has 4 aromatic rings. The molecule has 3 N–H and O–H groups in total. The van der Waals surface area contributed by atoms with Gasteiger partial charge in [-0.1, -0.05) is 35.6 Å². The molecule has 0 spiro atoms.